The number of anilines is 2. The van der Waals surface area contributed by atoms with Crippen LogP contribution < -0.4 is 9.80 Å². The first kappa shape index (κ1) is 16.1. The predicted octanol–water partition coefficient (Wildman–Crippen LogP) is 4.12. The van der Waals surface area contributed by atoms with Gasteiger partial charge in [-0.25, -0.2) is 0 Å². The van der Waals surface area contributed by atoms with Crippen LogP contribution in [0.25, 0.3) is 0 Å². The molecular formula is C18H26N2. The van der Waals surface area contributed by atoms with Gasteiger partial charge in [0, 0.05) is 39.6 Å². The Labute approximate surface area is 123 Å². The zero-order valence-electron chi connectivity index (χ0n) is 13.5. The summed E-state index contributed by atoms with van der Waals surface area (Å²) in [7, 11) is 8.19. The minimum absolute atomic E-state index is 1.26. The molecule has 0 aromatic heterocycles. The van der Waals surface area contributed by atoms with Crippen molar-refractivity contribution in [1.29, 1.82) is 0 Å². The van der Waals surface area contributed by atoms with Crippen molar-refractivity contribution >= 4 is 11.4 Å². The van der Waals surface area contributed by atoms with E-state index in [9.17, 15) is 0 Å². The Morgan fingerprint density at radius 2 is 0.750 bits per heavy atom. The van der Waals surface area contributed by atoms with Crippen molar-refractivity contribution < 1.29 is 0 Å². The third kappa shape index (κ3) is 5.35. The lowest BCUT2D eigenvalue weighted by Gasteiger charge is -2.11. The van der Waals surface area contributed by atoms with Gasteiger partial charge >= 0.3 is 0 Å². The molecule has 0 bridgehead atoms. The molecule has 0 aliphatic carbocycles. The summed E-state index contributed by atoms with van der Waals surface area (Å²) in [6, 6.07) is 17.0. The van der Waals surface area contributed by atoms with Crippen molar-refractivity contribution in [2.24, 2.45) is 0 Å². The van der Waals surface area contributed by atoms with Gasteiger partial charge in [-0.3, -0.25) is 0 Å². The van der Waals surface area contributed by atoms with Crippen LogP contribution in [-0.4, -0.2) is 28.2 Å². The van der Waals surface area contributed by atoms with Crippen LogP contribution in [0.1, 0.15) is 11.1 Å². The zero-order chi connectivity index (χ0) is 15.1. The molecule has 2 aromatic carbocycles. The third-order valence-corrected chi connectivity index (χ3v) is 3.10. The van der Waals surface area contributed by atoms with Crippen LogP contribution in [0.2, 0.25) is 0 Å². The summed E-state index contributed by atoms with van der Waals surface area (Å²) in [4.78, 5) is 4.19. The smallest absolute Gasteiger partial charge is 0.0361 e. The molecule has 0 aliphatic rings. The maximum Gasteiger partial charge on any atom is 0.0361 e. The number of aryl methyl sites for hydroxylation is 2. The van der Waals surface area contributed by atoms with Crippen LogP contribution in [0.3, 0.4) is 0 Å². The number of benzene rings is 2. The molecule has 0 atom stereocenters. The van der Waals surface area contributed by atoms with E-state index in [0.29, 0.717) is 0 Å². The van der Waals surface area contributed by atoms with Crippen molar-refractivity contribution in [3.8, 4) is 0 Å². The minimum atomic E-state index is 1.26. The molecule has 0 heterocycles. The second-order valence-electron chi connectivity index (χ2n) is 5.46. The second kappa shape index (κ2) is 7.59. The summed E-state index contributed by atoms with van der Waals surface area (Å²) in [5.74, 6) is 0. The fourth-order valence-electron chi connectivity index (χ4n) is 1.69. The second-order valence-corrected chi connectivity index (χ2v) is 5.46. The molecule has 0 amide bonds. The van der Waals surface area contributed by atoms with E-state index in [4.69, 9.17) is 0 Å². The van der Waals surface area contributed by atoms with E-state index in [0.717, 1.165) is 0 Å². The molecule has 0 radical (unpaired) electrons. The molecule has 0 saturated carbocycles. The summed E-state index contributed by atoms with van der Waals surface area (Å²) in [5.41, 5.74) is 5.13. The van der Waals surface area contributed by atoms with E-state index in [1.54, 1.807) is 0 Å². The van der Waals surface area contributed by atoms with Gasteiger partial charge in [0.2, 0.25) is 0 Å². The number of nitrogens with zero attached hydrogens (tertiary/aromatic N) is 2. The number of rotatable bonds is 2. The van der Waals surface area contributed by atoms with Gasteiger partial charge in [0.05, 0.1) is 0 Å². The Kier molecular flexibility index (Phi) is 6.10. The topological polar surface area (TPSA) is 6.48 Å². The van der Waals surface area contributed by atoms with E-state index >= 15 is 0 Å². The van der Waals surface area contributed by atoms with E-state index in [1.165, 1.54) is 22.5 Å². The van der Waals surface area contributed by atoms with Gasteiger partial charge in [-0.1, -0.05) is 35.4 Å². The maximum atomic E-state index is 2.12. The van der Waals surface area contributed by atoms with E-state index < -0.39 is 0 Å². The summed E-state index contributed by atoms with van der Waals surface area (Å²) in [6.45, 7) is 4.19. The highest BCUT2D eigenvalue weighted by Crippen LogP contribution is 2.11. The van der Waals surface area contributed by atoms with Crippen LogP contribution in [0.5, 0.6) is 0 Å². The number of hydrogen-bond donors (Lipinski definition) is 0. The van der Waals surface area contributed by atoms with Gasteiger partial charge < -0.3 is 9.80 Å². The van der Waals surface area contributed by atoms with Crippen LogP contribution in [0.15, 0.2) is 48.5 Å². The zero-order valence-corrected chi connectivity index (χ0v) is 13.5. The molecule has 2 rings (SSSR count). The van der Waals surface area contributed by atoms with Gasteiger partial charge in [-0.15, -0.1) is 0 Å². The van der Waals surface area contributed by atoms with Gasteiger partial charge in [-0.05, 0) is 38.1 Å². The number of hydrogen-bond acceptors (Lipinski definition) is 2. The van der Waals surface area contributed by atoms with Crippen LogP contribution in [0, 0.1) is 13.8 Å². The highest BCUT2D eigenvalue weighted by Gasteiger charge is 1.91. The molecule has 0 fully saturated rings. The highest BCUT2D eigenvalue weighted by molar-refractivity contribution is 5.46. The Morgan fingerprint density at radius 3 is 0.950 bits per heavy atom. The van der Waals surface area contributed by atoms with Crippen molar-refractivity contribution in [1.82, 2.24) is 0 Å². The average Bonchev–Trinajstić information content (AvgIpc) is 2.40. The Morgan fingerprint density at radius 1 is 0.500 bits per heavy atom. The van der Waals surface area contributed by atoms with E-state index in [2.05, 4.69) is 72.2 Å². The molecule has 0 spiro atoms. The van der Waals surface area contributed by atoms with Crippen molar-refractivity contribution in [2.45, 2.75) is 13.8 Å². The first-order chi connectivity index (χ1) is 9.40. The lowest BCUT2D eigenvalue weighted by atomic mass is 10.2. The Balaban J connectivity index is 0.000000200. The van der Waals surface area contributed by atoms with Crippen molar-refractivity contribution in [2.75, 3.05) is 38.0 Å². The molecular weight excluding hydrogens is 244 g/mol. The van der Waals surface area contributed by atoms with Crippen molar-refractivity contribution in [3.05, 3.63) is 59.7 Å². The molecule has 20 heavy (non-hydrogen) atoms. The molecule has 2 heteroatoms. The van der Waals surface area contributed by atoms with E-state index in [1.807, 2.05) is 28.2 Å². The standard InChI is InChI=1S/2C9H13N/c2*1-8-4-6-9(7-5-8)10(2)3/h2*4-7H,1-3H3. The monoisotopic (exact) mass is 270 g/mol. The molecule has 0 aliphatic heterocycles. The summed E-state index contributed by atoms with van der Waals surface area (Å²) < 4.78 is 0. The Hall–Kier alpha value is -1.96. The molecule has 2 nitrogen and oxygen atoms in total. The van der Waals surface area contributed by atoms with Gasteiger partial charge in [-0.2, -0.15) is 0 Å². The third-order valence-electron chi connectivity index (χ3n) is 3.10. The first-order valence-electron chi connectivity index (χ1n) is 6.88. The lowest BCUT2D eigenvalue weighted by Crippen LogP contribution is -2.07. The van der Waals surface area contributed by atoms with Gasteiger partial charge in [0.15, 0.2) is 0 Å². The highest BCUT2D eigenvalue weighted by atomic mass is 15.1. The fraction of sp³-hybridized carbons (Fsp3) is 0.333. The first-order valence-corrected chi connectivity index (χ1v) is 6.88. The largest absolute Gasteiger partial charge is 0.378 e. The molecule has 108 valence electrons. The van der Waals surface area contributed by atoms with Crippen LogP contribution in [0.4, 0.5) is 11.4 Å². The molecule has 0 N–H and O–H groups in total. The predicted molar refractivity (Wildman–Crippen MR) is 91.0 cm³/mol. The maximum absolute atomic E-state index is 2.12. The van der Waals surface area contributed by atoms with Gasteiger partial charge in [0.25, 0.3) is 0 Å². The molecule has 0 saturated heterocycles. The molecule has 0 unspecified atom stereocenters. The fourth-order valence-corrected chi connectivity index (χ4v) is 1.69. The average molecular weight is 270 g/mol. The SMILES string of the molecule is Cc1ccc(N(C)C)cc1.Cc1ccc(N(C)C)cc1. The molecule has 2 aromatic rings. The van der Waals surface area contributed by atoms with Crippen LogP contribution >= 0.6 is 0 Å². The van der Waals surface area contributed by atoms with Crippen molar-refractivity contribution in [3.63, 3.8) is 0 Å². The quantitative estimate of drug-likeness (QED) is 0.810. The summed E-state index contributed by atoms with van der Waals surface area (Å²) >= 11 is 0. The van der Waals surface area contributed by atoms with Gasteiger partial charge in [0.1, 0.15) is 0 Å². The van der Waals surface area contributed by atoms with Crippen LogP contribution in [-0.2, 0) is 0 Å². The summed E-state index contributed by atoms with van der Waals surface area (Å²) in [6.07, 6.45) is 0. The summed E-state index contributed by atoms with van der Waals surface area (Å²) in [5, 5.41) is 0. The van der Waals surface area contributed by atoms with E-state index in [-0.39, 0.29) is 0 Å². The normalized spacial score (nSPS) is 9.50. The lowest BCUT2D eigenvalue weighted by molar-refractivity contribution is 1.13. The minimum Gasteiger partial charge on any atom is -0.378 e. The Bertz CT molecular complexity index is 446.